The topological polar surface area (TPSA) is 55.1 Å². The lowest BCUT2D eigenvalue weighted by molar-refractivity contribution is -0.122. The van der Waals surface area contributed by atoms with Crippen LogP contribution < -0.4 is 11.1 Å². The van der Waals surface area contributed by atoms with Gasteiger partial charge < -0.3 is 11.1 Å². The zero-order chi connectivity index (χ0) is 9.56. The molecule has 3 N–H and O–H groups in total. The van der Waals surface area contributed by atoms with Crippen molar-refractivity contribution >= 4 is 17.7 Å². The molecule has 0 saturated carbocycles. The molecule has 0 aliphatic carbocycles. The quantitative estimate of drug-likeness (QED) is 0.662. The van der Waals surface area contributed by atoms with Crippen LogP contribution in [-0.2, 0) is 4.79 Å². The maximum atomic E-state index is 11.0. The van der Waals surface area contributed by atoms with Crippen molar-refractivity contribution in [3.63, 3.8) is 0 Å². The largest absolute Gasteiger partial charge is 0.354 e. The van der Waals surface area contributed by atoms with Gasteiger partial charge in [0.15, 0.2) is 0 Å². The fourth-order valence-electron chi connectivity index (χ4n) is 0.779. The van der Waals surface area contributed by atoms with Crippen LogP contribution in [0.1, 0.15) is 13.8 Å². The molecule has 1 amide bonds. The van der Waals surface area contributed by atoms with Crippen molar-refractivity contribution in [2.24, 2.45) is 11.7 Å². The number of carbonyl (C=O) groups is 1. The monoisotopic (exact) mass is 190 g/mol. The molecular weight excluding hydrogens is 172 g/mol. The number of hydrogen-bond donors (Lipinski definition) is 2. The van der Waals surface area contributed by atoms with Gasteiger partial charge in [-0.25, -0.2) is 0 Å². The highest BCUT2D eigenvalue weighted by Gasteiger charge is 2.08. The molecule has 0 radical (unpaired) electrons. The SMILES string of the molecule is CSCC(C)CNC(=O)[C@@H](C)N. The molecule has 0 heterocycles. The summed E-state index contributed by atoms with van der Waals surface area (Å²) in [5, 5.41) is 2.79. The lowest BCUT2D eigenvalue weighted by Gasteiger charge is -2.12. The summed E-state index contributed by atoms with van der Waals surface area (Å²) in [4.78, 5) is 11.0. The van der Waals surface area contributed by atoms with E-state index < -0.39 is 6.04 Å². The standard InChI is InChI=1S/C8H18N2OS/c1-6(5-12-3)4-10-8(11)7(2)9/h6-7H,4-5,9H2,1-3H3,(H,10,11)/t6?,7-/m1/s1. The molecule has 0 aliphatic heterocycles. The van der Waals surface area contributed by atoms with Gasteiger partial charge in [0.05, 0.1) is 6.04 Å². The fourth-order valence-corrected chi connectivity index (χ4v) is 1.47. The number of rotatable bonds is 5. The van der Waals surface area contributed by atoms with E-state index in [1.165, 1.54) is 0 Å². The molecule has 12 heavy (non-hydrogen) atoms. The number of thioether (sulfide) groups is 1. The normalized spacial score (nSPS) is 15.3. The smallest absolute Gasteiger partial charge is 0.236 e. The molecule has 2 atom stereocenters. The highest BCUT2D eigenvalue weighted by atomic mass is 32.2. The van der Waals surface area contributed by atoms with E-state index in [-0.39, 0.29) is 5.91 Å². The number of nitrogens with two attached hydrogens (primary N) is 1. The van der Waals surface area contributed by atoms with Crippen LogP contribution in [-0.4, -0.2) is 30.5 Å². The van der Waals surface area contributed by atoms with E-state index in [9.17, 15) is 4.79 Å². The van der Waals surface area contributed by atoms with Gasteiger partial charge in [-0.1, -0.05) is 6.92 Å². The molecule has 0 aromatic rings. The van der Waals surface area contributed by atoms with Crippen LogP contribution in [0.15, 0.2) is 0 Å². The van der Waals surface area contributed by atoms with E-state index in [4.69, 9.17) is 5.73 Å². The van der Waals surface area contributed by atoms with Crippen LogP contribution >= 0.6 is 11.8 Å². The third-order valence-electron chi connectivity index (χ3n) is 1.49. The second-order valence-corrected chi connectivity index (χ2v) is 4.01. The summed E-state index contributed by atoms with van der Waals surface area (Å²) in [6.45, 7) is 4.52. The van der Waals surface area contributed by atoms with Gasteiger partial charge in [-0.15, -0.1) is 0 Å². The second-order valence-electron chi connectivity index (χ2n) is 3.09. The molecule has 0 bridgehead atoms. The van der Waals surface area contributed by atoms with Crippen LogP contribution in [0.25, 0.3) is 0 Å². The highest BCUT2D eigenvalue weighted by Crippen LogP contribution is 2.02. The first-order chi connectivity index (χ1) is 5.57. The number of nitrogens with one attached hydrogen (secondary N) is 1. The van der Waals surface area contributed by atoms with E-state index in [2.05, 4.69) is 18.5 Å². The maximum Gasteiger partial charge on any atom is 0.236 e. The molecule has 3 nitrogen and oxygen atoms in total. The number of hydrogen-bond acceptors (Lipinski definition) is 3. The fraction of sp³-hybridized carbons (Fsp3) is 0.875. The molecule has 72 valence electrons. The van der Waals surface area contributed by atoms with E-state index in [0.717, 1.165) is 12.3 Å². The van der Waals surface area contributed by atoms with Crippen molar-refractivity contribution in [3.8, 4) is 0 Å². The summed E-state index contributed by atoms with van der Waals surface area (Å²) >= 11 is 1.79. The summed E-state index contributed by atoms with van der Waals surface area (Å²) in [6, 6.07) is -0.397. The summed E-state index contributed by atoms with van der Waals surface area (Å²) in [5.74, 6) is 1.52. The minimum atomic E-state index is -0.397. The van der Waals surface area contributed by atoms with Crippen molar-refractivity contribution in [3.05, 3.63) is 0 Å². The summed E-state index contributed by atoms with van der Waals surface area (Å²) < 4.78 is 0. The Morgan fingerprint density at radius 1 is 1.58 bits per heavy atom. The molecule has 1 unspecified atom stereocenters. The Morgan fingerprint density at radius 2 is 2.17 bits per heavy atom. The maximum absolute atomic E-state index is 11.0. The summed E-state index contributed by atoms with van der Waals surface area (Å²) in [5.41, 5.74) is 5.38. The van der Waals surface area contributed by atoms with Gasteiger partial charge in [0, 0.05) is 6.54 Å². The molecular formula is C8H18N2OS. The highest BCUT2D eigenvalue weighted by molar-refractivity contribution is 7.98. The van der Waals surface area contributed by atoms with Crippen molar-refractivity contribution in [2.75, 3.05) is 18.6 Å². The van der Waals surface area contributed by atoms with E-state index in [1.54, 1.807) is 18.7 Å². The Labute approximate surface area is 78.5 Å². The first-order valence-corrected chi connectivity index (χ1v) is 5.49. The molecule has 0 aliphatic rings. The van der Waals surface area contributed by atoms with Crippen molar-refractivity contribution in [1.29, 1.82) is 0 Å². The Bertz CT molecular complexity index is 139. The Kier molecular flexibility index (Phi) is 6.20. The first kappa shape index (κ1) is 11.8. The third-order valence-corrected chi connectivity index (χ3v) is 2.39. The van der Waals surface area contributed by atoms with Crippen LogP contribution in [0.5, 0.6) is 0 Å². The second kappa shape index (κ2) is 6.31. The minimum absolute atomic E-state index is 0.0667. The van der Waals surface area contributed by atoms with Gasteiger partial charge in [0.25, 0.3) is 0 Å². The minimum Gasteiger partial charge on any atom is -0.354 e. The van der Waals surface area contributed by atoms with E-state index in [0.29, 0.717) is 5.92 Å². The summed E-state index contributed by atoms with van der Waals surface area (Å²) in [6.07, 6.45) is 2.06. The predicted octanol–water partition coefficient (Wildman–Crippen LogP) is 0.449. The molecule has 0 saturated heterocycles. The molecule has 0 spiro atoms. The van der Waals surface area contributed by atoms with Crippen LogP contribution in [0, 0.1) is 5.92 Å². The first-order valence-electron chi connectivity index (χ1n) is 4.10. The molecule has 0 rings (SSSR count). The lowest BCUT2D eigenvalue weighted by atomic mass is 10.2. The Morgan fingerprint density at radius 3 is 2.58 bits per heavy atom. The van der Waals surface area contributed by atoms with Gasteiger partial charge >= 0.3 is 0 Å². The van der Waals surface area contributed by atoms with Gasteiger partial charge in [-0.05, 0) is 24.9 Å². The van der Waals surface area contributed by atoms with Gasteiger partial charge in [0.2, 0.25) is 5.91 Å². The molecule has 0 aromatic carbocycles. The average molecular weight is 190 g/mol. The van der Waals surface area contributed by atoms with Crippen molar-refractivity contribution in [1.82, 2.24) is 5.32 Å². The zero-order valence-electron chi connectivity index (χ0n) is 7.96. The van der Waals surface area contributed by atoms with Gasteiger partial charge in [-0.3, -0.25) is 4.79 Å². The third kappa shape index (κ3) is 5.43. The van der Waals surface area contributed by atoms with Crippen LogP contribution in [0.4, 0.5) is 0 Å². The Balaban J connectivity index is 3.47. The average Bonchev–Trinajstić information content (AvgIpc) is 2.00. The van der Waals surface area contributed by atoms with Crippen LogP contribution in [0.3, 0.4) is 0 Å². The van der Waals surface area contributed by atoms with Crippen LogP contribution in [0.2, 0.25) is 0 Å². The molecule has 4 heteroatoms. The Hall–Kier alpha value is -0.220. The zero-order valence-corrected chi connectivity index (χ0v) is 8.78. The lowest BCUT2D eigenvalue weighted by Crippen LogP contribution is -2.40. The molecule has 0 fully saturated rings. The number of amides is 1. The van der Waals surface area contributed by atoms with Crippen molar-refractivity contribution < 1.29 is 4.79 Å². The summed E-state index contributed by atoms with van der Waals surface area (Å²) in [7, 11) is 0. The van der Waals surface area contributed by atoms with Crippen molar-refractivity contribution in [2.45, 2.75) is 19.9 Å². The predicted molar refractivity (Wildman–Crippen MR) is 54.2 cm³/mol. The van der Waals surface area contributed by atoms with Gasteiger partial charge in [-0.2, -0.15) is 11.8 Å². The number of carbonyl (C=O) groups excluding carboxylic acids is 1. The molecule has 0 aromatic heterocycles. The van der Waals surface area contributed by atoms with Gasteiger partial charge in [0.1, 0.15) is 0 Å². The van der Waals surface area contributed by atoms with E-state index >= 15 is 0 Å². The van der Waals surface area contributed by atoms with E-state index in [1.807, 2.05) is 0 Å².